The van der Waals surface area contributed by atoms with Crippen LogP contribution in [0.3, 0.4) is 0 Å². The van der Waals surface area contributed by atoms with Crippen molar-refractivity contribution < 1.29 is 8.81 Å². The molecule has 0 amide bonds. The van der Waals surface area contributed by atoms with Crippen LogP contribution in [0.25, 0.3) is 22.1 Å². The molecule has 2 aromatic carbocycles. The molecule has 0 N–H and O–H groups in total. The van der Waals surface area contributed by atoms with E-state index in [4.69, 9.17) is 4.42 Å². The molecule has 0 fully saturated rings. The van der Waals surface area contributed by atoms with E-state index < -0.39 is 0 Å². The Labute approximate surface area is 123 Å². The maximum Gasteiger partial charge on any atom is 0.186 e. The van der Waals surface area contributed by atoms with Gasteiger partial charge in [-0.05, 0) is 36.4 Å². The third-order valence-electron chi connectivity index (χ3n) is 3.15. The second-order valence-corrected chi connectivity index (χ2v) is 5.57. The van der Waals surface area contributed by atoms with Gasteiger partial charge in [-0.3, -0.25) is 0 Å². The molecule has 0 spiro atoms. The molecule has 0 atom stereocenters. The molecular weight excluding hydrogens is 287 g/mol. The average Bonchev–Trinajstić information content (AvgIpc) is 2.89. The van der Waals surface area contributed by atoms with Crippen molar-refractivity contribution in [2.24, 2.45) is 0 Å². The SMILES string of the molecule is Fc1ccc(Sc2ncnc3c2oc2ccccc23)cc1. The topological polar surface area (TPSA) is 38.9 Å². The van der Waals surface area contributed by atoms with Crippen molar-refractivity contribution in [2.45, 2.75) is 9.92 Å². The predicted octanol–water partition coefficient (Wildman–Crippen LogP) is 4.67. The number of furan rings is 1. The molecule has 5 heteroatoms. The van der Waals surface area contributed by atoms with Crippen LogP contribution in [0.1, 0.15) is 0 Å². The maximum atomic E-state index is 13.0. The van der Waals surface area contributed by atoms with E-state index >= 15 is 0 Å². The van der Waals surface area contributed by atoms with Crippen molar-refractivity contribution in [1.29, 1.82) is 0 Å². The fourth-order valence-corrected chi connectivity index (χ4v) is 3.02. The first kappa shape index (κ1) is 12.3. The van der Waals surface area contributed by atoms with Gasteiger partial charge in [0.05, 0.1) is 0 Å². The van der Waals surface area contributed by atoms with Crippen molar-refractivity contribution in [3.05, 3.63) is 60.7 Å². The van der Waals surface area contributed by atoms with Crippen LogP contribution in [0, 0.1) is 5.82 Å². The van der Waals surface area contributed by atoms with Crippen molar-refractivity contribution >= 4 is 33.8 Å². The smallest absolute Gasteiger partial charge is 0.186 e. The number of benzene rings is 2. The van der Waals surface area contributed by atoms with Gasteiger partial charge in [-0.25, -0.2) is 14.4 Å². The number of hydrogen-bond acceptors (Lipinski definition) is 4. The Kier molecular flexibility index (Phi) is 2.86. The quantitative estimate of drug-likeness (QED) is 0.504. The molecule has 2 heterocycles. The molecule has 4 aromatic rings. The summed E-state index contributed by atoms with van der Waals surface area (Å²) in [5.74, 6) is -0.254. The Morgan fingerprint density at radius 2 is 1.76 bits per heavy atom. The van der Waals surface area contributed by atoms with Crippen molar-refractivity contribution in [3.8, 4) is 0 Å². The number of hydrogen-bond donors (Lipinski definition) is 0. The molecule has 3 nitrogen and oxygen atoms in total. The van der Waals surface area contributed by atoms with Gasteiger partial charge < -0.3 is 4.42 Å². The highest BCUT2D eigenvalue weighted by atomic mass is 32.2. The number of rotatable bonds is 2. The molecule has 0 saturated heterocycles. The lowest BCUT2D eigenvalue weighted by atomic mass is 10.2. The van der Waals surface area contributed by atoms with Gasteiger partial charge in [-0.1, -0.05) is 23.9 Å². The first-order valence-corrected chi connectivity index (χ1v) is 7.18. The van der Waals surface area contributed by atoms with Crippen LogP contribution < -0.4 is 0 Å². The van der Waals surface area contributed by atoms with Crippen molar-refractivity contribution in [1.82, 2.24) is 9.97 Å². The van der Waals surface area contributed by atoms with Gasteiger partial charge in [0, 0.05) is 10.3 Å². The van der Waals surface area contributed by atoms with E-state index in [1.807, 2.05) is 24.3 Å². The van der Waals surface area contributed by atoms with Gasteiger partial charge in [0.1, 0.15) is 28.3 Å². The average molecular weight is 296 g/mol. The first-order chi connectivity index (χ1) is 10.3. The van der Waals surface area contributed by atoms with Crippen LogP contribution in [0.15, 0.2) is 69.2 Å². The van der Waals surface area contributed by atoms with Gasteiger partial charge in [-0.2, -0.15) is 0 Å². The molecule has 0 unspecified atom stereocenters. The molecule has 0 radical (unpaired) electrons. The van der Waals surface area contributed by atoms with Crippen LogP contribution in [-0.2, 0) is 0 Å². The van der Waals surface area contributed by atoms with E-state index in [0.29, 0.717) is 5.58 Å². The first-order valence-electron chi connectivity index (χ1n) is 6.37. The highest BCUT2D eigenvalue weighted by Gasteiger charge is 2.13. The van der Waals surface area contributed by atoms with E-state index in [2.05, 4.69) is 9.97 Å². The van der Waals surface area contributed by atoms with E-state index in [9.17, 15) is 4.39 Å². The molecular formula is C16H9FN2OS. The zero-order valence-corrected chi connectivity index (χ0v) is 11.6. The number of para-hydroxylation sites is 1. The molecule has 21 heavy (non-hydrogen) atoms. The standard InChI is InChI=1S/C16H9FN2OS/c17-10-5-7-11(8-6-10)21-16-15-14(18-9-19-16)12-3-1-2-4-13(12)20-15/h1-9H. The van der Waals surface area contributed by atoms with Crippen LogP contribution in [0.2, 0.25) is 0 Å². The van der Waals surface area contributed by atoms with Crippen molar-refractivity contribution in [3.63, 3.8) is 0 Å². The molecule has 0 saturated carbocycles. The van der Waals surface area contributed by atoms with E-state index in [0.717, 1.165) is 26.4 Å². The Bertz CT molecular complexity index is 934. The van der Waals surface area contributed by atoms with E-state index in [-0.39, 0.29) is 5.82 Å². The zero-order valence-electron chi connectivity index (χ0n) is 10.8. The fourth-order valence-electron chi connectivity index (χ4n) is 2.19. The summed E-state index contributed by atoms with van der Waals surface area (Å²) in [6.07, 6.45) is 1.52. The maximum absolute atomic E-state index is 13.0. The Hall–Kier alpha value is -2.40. The molecule has 2 aromatic heterocycles. The van der Waals surface area contributed by atoms with Gasteiger partial charge in [0.15, 0.2) is 5.58 Å². The van der Waals surface area contributed by atoms with E-state index in [1.54, 1.807) is 12.1 Å². The summed E-state index contributed by atoms with van der Waals surface area (Å²) in [6, 6.07) is 14.0. The third-order valence-corrected chi connectivity index (χ3v) is 4.15. The third kappa shape index (κ3) is 2.15. The van der Waals surface area contributed by atoms with Crippen LogP contribution in [0.5, 0.6) is 0 Å². The summed E-state index contributed by atoms with van der Waals surface area (Å²) in [5, 5.41) is 1.69. The molecule has 0 bridgehead atoms. The number of halogens is 1. The number of aromatic nitrogens is 2. The van der Waals surface area contributed by atoms with Gasteiger partial charge in [0.25, 0.3) is 0 Å². The highest BCUT2D eigenvalue weighted by Crippen LogP contribution is 2.35. The Morgan fingerprint density at radius 3 is 2.62 bits per heavy atom. The largest absolute Gasteiger partial charge is 0.451 e. The van der Waals surface area contributed by atoms with Crippen molar-refractivity contribution in [2.75, 3.05) is 0 Å². The summed E-state index contributed by atoms with van der Waals surface area (Å²) in [7, 11) is 0. The lowest BCUT2D eigenvalue weighted by molar-refractivity contribution is 0.626. The predicted molar refractivity (Wildman–Crippen MR) is 79.8 cm³/mol. The molecule has 0 aliphatic rings. The Balaban J connectivity index is 1.86. The number of nitrogens with zero attached hydrogens (tertiary/aromatic N) is 2. The van der Waals surface area contributed by atoms with Gasteiger partial charge >= 0.3 is 0 Å². The summed E-state index contributed by atoms with van der Waals surface area (Å²) >= 11 is 1.43. The summed E-state index contributed by atoms with van der Waals surface area (Å²) in [4.78, 5) is 9.49. The molecule has 4 rings (SSSR count). The summed E-state index contributed by atoms with van der Waals surface area (Å²) < 4.78 is 18.8. The Morgan fingerprint density at radius 1 is 0.952 bits per heavy atom. The van der Waals surface area contributed by atoms with Gasteiger partial charge in [-0.15, -0.1) is 0 Å². The molecule has 0 aliphatic heterocycles. The second-order valence-electron chi connectivity index (χ2n) is 4.51. The summed E-state index contributed by atoms with van der Waals surface area (Å²) in [6.45, 7) is 0. The molecule has 0 aliphatic carbocycles. The van der Waals surface area contributed by atoms with Gasteiger partial charge in [0.2, 0.25) is 0 Å². The van der Waals surface area contributed by atoms with Crippen LogP contribution in [0.4, 0.5) is 4.39 Å². The minimum absolute atomic E-state index is 0.254. The highest BCUT2D eigenvalue weighted by molar-refractivity contribution is 7.99. The monoisotopic (exact) mass is 296 g/mol. The van der Waals surface area contributed by atoms with Crippen LogP contribution in [-0.4, -0.2) is 9.97 Å². The van der Waals surface area contributed by atoms with Crippen LogP contribution >= 0.6 is 11.8 Å². The zero-order chi connectivity index (χ0) is 14.2. The normalized spacial score (nSPS) is 11.3. The summed E-state index contributed by atoms with van der Waals surface area (Å²) in [5.41, 5.74) is 2.24. The lowest BCUT2D eigenvalue weighted by Crippen LogP contribution is -1.84. The minimum Gasteiger partial charge on any atom is -0.451 e. The fraction of sp³-hybridized carbons (Fsp3) is 0. The second kappa shape index (κ2) is 4.86. The van der Waals surface area contributed by atoms with E-state index in [1.165, 1.54) is 30.2 Å². The lowest BCUT2D eigenvalue weighted by Gasteiger charge is -2.00. The minimum atomic E-state index is -0.254. The number of fused-ring (bicyclic) bond motifs is 3. The molecule has 102 valence electrons.